The third-order valence-electron chi connectivity index (χ3n) is 8.55. The quantitative estimate of drug-likeness (QED) is 0.0469. The molecule has 4 aromatic rings. The molecule has 0 fully saturated rings. The molecule has 15 nitrogen and oxygen atoms in total. The Labute approximate surface area is 312 Å². The predicted octanol–water partition coefficient (Wildman–Crippen LogP) is 5.89. The summed E-state index contributed by atoms with van der Waals surface area (Å²) in [7, 11) is 4.01. The molecule has 3 aromatic carbocycles. The number of hydrogen-bond acceptors (Lipinski definition) is 14. The van der Waals surface area contributed by atoms with Gasteiger partial charge in [0.2, 0.25) is 0 Å². The van der Waals surface area contributed by atoms with Crippen LogP contribution in [0, 0.1) is 20.8 Å². The molecular formula is C39H46N3O12+. The number of phenolic OH excluding ortho intramolecular Hbond substituents is 3. The summed E-state index contributed by atoms with van der Waals surface area (Å²) in [6.07, 6.45) is 1.96. The van der Waals surface area contributed by atoms with Gasteiger partial charge in [-0.25, -0.2) is 15.0 Å². The van der Waals surface area contributed by atoms with Gasteiger partial charge in [-0.05, 0) is 76.4 Å². The molecule has 0 amide bonds. The Balaban J connectivity index is 1.74. The van der Waals surface area contributed by atoms with Gasteiger partial charge < -0.3 is 48.5 Å². The minimum Gasteiger partial charge on any atom is -0.507 e. The van der Waals surface area contributed by atoms with E-state index in [2.05, 4.69) is 24.4 Å². The molecule has 0 saturated heterocycles. The first kappa shape index (κ1) is 40.6. The zero-order valence-corrected chi connectivity index (χ0v) is 31.2. The highest BCUT2D eigenvalue weighted by Gasteiger charge is 2.23. The lowest BCUT2D eigenvalue weighted by Gasteiger charge is -2.16. The highest BCUT2D eigenvalue weighted by atomic mass is 16.5. The molecule has 54 heavy (non-hydrogen) atoms. The number of esters is 3. The molecule has 0 aliphatic carbocycles. The molecule has 1 heterocycles. The lowest BCUT2D eigenvalue weighted by Crippen LogP contribution is -2.06. The van der Waals surface area contributed by atoms with Crippen molar-refractivity contribution in [2.45, 2.75) is 59.3 Å². The molecular weight excluding hydrogens is 702 g/mol. The highest BCUT2D eigenvalue weighted by Crippen LogP contribution is 2.41. The number of hydrogen-bond donors (Lipinski definition) is 3. The van der Waals surface area contributed by atoms with E-state index < -0.39 is 0 Å². The smallest absolute Gasteiger partial charge is 0.482 e. The van der Waals surface area contributed by atoms with E-state index in [9.17, 15) is 29.7 Å². The van der Waals surface area contributed by atoms with Gasteiger partial charge in [0.15, 0.2) is 24.6 Å². The lowest BCUT2D eigenvalue weighted by atomic mass is 10.1. The summed E-state index contributed by atoms with van der Waals surface area (Å²) in [4.78, 5) is 46.5. The Morgan fingerprint density at radius 1 is 0.537 bits per heavy atom. The van der Waals surface area contributed by atoms with Gasteiger partial charge in [0, 0.05) is 29.5 Å². The summed E-state index contributed by atoms with van der Waals surface area (Å²) in [5, 5.41) is 34.1. The number of nitrogens with zero attached hydrogens (tertiary/aromatic N) is 3. The fourth-order valence-electron chi connectivity index (χ4n) is 5.30. The van der Waals surface area contributed by atoms with E-state index in [0.717, 1.165) is 0 Å². The summed E-state index contributed by atoms with van der Waals surface area (Å²) in [6, 6.07) is 9.71. The molecule has 4 N–H and O–H groups in total. The van der Waals surface area contributed by atoms with Crippen LogP contribution in [-0.2, 0) is 23.8 Å². The zero-order valence-electron chi connectivity index (χ0n) is 31.2. The van der Waals surface area contributed by atoms with Gasteiger partial charge in [-0.15, -0.1) is 0 Å². The SMILES string of the molecule is COC(=O)CCCOc1ccc(-c2nc(-c3ccc(OCCCC(=O)OC)c(C)c3O)nc(-c3ccc(OCCCC(=[OH+])OC)c(C)c3O)n2)c(O)c1C. The largest absolute Gasteiger partial charge is 0.507 e. The van der Waals surface area contributed by atoms with Crippen LogP contribution in [-0.4, -0.2) is 94.1 Å². The van der Waals surface area contributed by atoms with Crippen molar-refractivity contribution < 1.29 is 58.1 Å². The van der Waals surface area contributed by atoms with Crippen LogP contribution < -0.4 is 14.2 Å². The Kier molecular flexibility index (Phi) is 14.4. The minimum absolute atomic E-state index is 0.0413. The molecule has 0 atom stereocenters. The number of carbonyl (C=O) groups excluding carboxylic acids is 3. The fraction of sp³-hybridized carbons (Fsp3) is 0.385. The van der Waals surface area contributed by atoms with Crippen LogP contribution in [0.3, 0.4) is 0 Å². The summed E-state index contributed by atoms with van der Waals surface area (Å²) < 4.78 is 31.6. The van der Waals surface area contributed by atoms with Crippen LogP contribution in [0.2, 0.25) is 0 Å². The van der Waals surface area contributed by atoms with Crippen molar-refractivity contribution in [3.8, 4) is 68.7 Å². The van der Waals surface area contributed by atoms with Crippen molar-refractivity contribution in [2.75, 3.05) is 41.2 Å². The number of carbonyl (C=O) groups is 2. The molecule has 288 valence electrons. The Morgan fingerprint density at radius 3 is 1.15 bits per heavy atom. The van der Waals surface area contributed by atoms with Crippen LogP contribution in [0.15, 0.2) is 36.4 Å². The minimum atomic E-state index is -0.352. The van der Waals surface area contributed by atoms with Crippen molar-refractivity contribution >= 4 is 17.9 Å². The van der Waals surface area contributed by atoms with Gasteiger partial charge in [0.1, 0.15) is 40.9 Å². The second kappa shape index (κ2) is 19.1. The van der Waals surface area contributed by atoms with Crippen molar-refractivity contribution in [1.29, 1.82) is 0 Å². The highest BCUT2D eigenvalue weighted by molar-refractivity contribution is 5.77. The van der Waals surface area contributed by atoms with E-state index in [4.69, 9.17) is 18.9 Å². The third kappa shape index (κ3) is 10.1. The predicted molar refractivity (Wildman–Crippen MR) is 198 cm³/mol. The van der Waals surface area contributed by atoms with Crippen LogP contribution >= 0.6 is 0 Å². The molecule has 15 heteroatoms. The molecule has 1 aromatic heterocycles. The van der Waals surface area contributed by atoms with Crippen molar-refractivity contribution in [2.24, 2.45) is 0 Å². The van der Waals surface area contributed by atoms with Crippen molar-refractivity contribution in [3.63, 3.8) is 0 Å². The monoisotopic (exact) mass is 748 g/mol. The van der Waals surface area contributed by atoms with E-state index in [1.54, 1.807) is 57.2 Å². The number of ether oxygens (including phenoxy) is 6. The number of benzene rings is 3. The van der Waals surface area contributed by atoms with Gasteiger partial charge in [-0.2, -0.15) is 0 Å². The summed E-state index contributed by atoms with van der Waals surface area (Å²) >= 11 is 0. The Morgan fingerprint density at radius 2 is 0.852 bits per heavy atom. The molecule has 4 rings (SSSR count). The van der Waals surface area contributed by atoms with Crippen LogP contribution in [0.1, 0.15) is 55.2 Å². The fourth-order valence-corrected chi connectivity index (χ4v) is 5.30. The van der Waals surface area contributed by atoms with E-state index in [0.29, 0.717) is 59.6 Å². The van der Waals surface area contributed by atoms with Gasteiger partial charge >= 0.3 is 17.9 Å². The average molecular weight is 749 g/mol. The Hall–Kier alpha value is -6.12. The van der Waals surface area contributed by atoms with Gasteiger partial charge in [-0.3, -0.25) is 9.59 Å². The normalized spacial score (nSPS) is 10.8. The second-order valence-corrected chi connectivity index (χ2v) is 12.2. The standard InChI is InChI=1S/C39H45N3O12/c1-22-28(52-19-7-10-31(43)49-4)16-13-25(34(22)46)37-40-38(26-14-17-29(23(2)35(26)47)53-20-8-11-32(44)50-5)42-39(41-37)27-15-18-30(24(3)36(27)48)54-21-9-12-33(45)51-6/h13-18,46-48H,7-12,19-21H2,1-6H3/p+1. The van der Waals surface area contributed by atoms with E-state index in [1.807, 2.05) is 0 Å². The summed E-state index contributed by atoms with van der Waals surface area (Å²) in [5.74, 6) is 0.0271. The first-order chi connectivity index (χ1) is 25.9. The number of phenols is 3. The van der Waals surface area contributed by atoms with E-state index in [-0.39, 0.29) is 102 Å². The summed E-state index contributed by atoms with van der Waals surface area (Å²) in [5.41, 5.74) is 1.91. The van der Waals surface area contributed by atoms with Crippen LogP contribution in [0.25, 0.3) is 34.2 Å². The molecule has 0 unspecified atom stereocenters. The number of aromatic hydroxyl groups is 3. The van der Waals surface area contributed by atoms with E-state index in [1.165, 1.54) is 21.3 Å². The maximum absolute atomic E-state index is 11.5. The number of rotatable bonds is 18. The maximum atomic E-state index is 11.5. The van der Waals surface area contributed by atoms with Gasteiger partial charge in [0.25, 0.3) is 0 Å². The van der Waals surface area contributed by atoms with Gasteiger partial charge in [0.05, 0.1) is 50.7 Å². The Bertz CT molecular complexity index is 1750. The number of methoxy groups -OCH3 is 3. The number of aromatic nitrogens is 3. The van der Waals surface area contributed by atoms with E-state index >= 15 is 0 Å². The van der Waals surface area contributed by atoms with Crippen molar-refractivity contribution in [1.82, 2.24) is 15.0 Å². The van der Waals surface area contributed by atoms with Crippen LogP contribution in [0.5, 0.6) is 34.5 Å². The first-order valence-corrected chi connectivity index (χ1v) is 17.3. The lowest BCUT2D eigenvalue weighted by molar-refractivity contribution is -0.141. The average Bonchev–Trinajstić information content (AvgIpc) is 3.17. The molecule has 0 saturated carbocycles. The molecule has 0 bridgehead atoms. The zero-order chi connectivity index (χ0) is 39.4. The maximum Gasteiger partial charge on any atom is 0.482 e. The molecule has 0 radical (unpaired) electrons. The molecule has 0 aliphatic heterocycles. The van der Waals surface area contributed by atoms with Crippen LogP contribution in [0.4, 0.5) is 0 Å². The third-order valence-corrected chi connectivity index (χ3v) is 8.55. The molecule has 0 aliphatic rings. The topological polar surface area (TPSA) is 210 Å². The van der Waals surface area contributed by atoms with Gasteiger partial charge in [-0.1, -0.05) is 0 Å². The summed E-state index contributed by atoms with van der Waals surface area (Å²) in [6.45, 7) is 5.68. The molecule has 0 spiro atoms. The van der Waals surface area contributed by atoms with Crippen molar-refractivity contribution in [3.05, 3.63) is 53.1 Å². The second-order valence-electron chi connectivity index (χ2n) is 12.2. The first-order valence-electron chi connectivity index (χ1n) is 17.3.